The standard InChI is InChI=1S/C24H26Br2N2O3S/c1-14(2)27-24-28(15(3)4)23(29)22(32-24)11-17-10-20(30-5)21(12-19(17)26)31-13-16-6-8-18(25)9-7-16/h6-12,14-15H,13H2,1-5H3/b22-11+,27-24?. The molecule has 1 aliphatic heterocycles. The van der Waals surface area contributed by atoms with Gasteiger partial charge in [0.2, 0.25) is 0 Å². The zero-order valence-corrected chi connectivity index (χ0v) is 22.7. The first kappa shape index (κ1) is 24.9. The number of carbonyl (C=O) groups is 1. The lowest BCUT2D eigenvalue weighted by atomic mass is 10.1. The quantitative estimate of drug-likeness (QED) is 0.334. The van der Waals surface area contributed by atoms with Gasteiger partial charge in [0.1, 0.15) is 6.61 Å². The van der Waals surface area contributed by atoms with Gasteiger partial charge in [-0.15, -0.1) is 0 Å². The van der Waals surface area contributed by atoms with E-state index in [1.54, 1.807) is 12.0 Å². The van der Waals surface area contributed by atoms with Crippen LogP contribution in [0.2, 0.25) is 0 Å². The van der Waals surface area contributed by atoms with E-state index < -0.39 is 0 Å². The number of aliphatic imine (C=N–C) groups is 1. The maximum Gasteiger partial charge on any atom is 0.266 e. The SMILES string of the molecule is COc1cc(/C=C2/SC(=NC(C)C)N(C(C)C)C2=O)c(Br)cc1OCc1ccc(Br)cc1. The summed E-state index contributed by atoms with van der Waals surface area (Å²) in [6.45, 7) is 8.42. The van der Waals surface area contributed by atoms with Crippen molar-refractivity contribution >= 4 is 60.8 Å². The number of amides is 1. The van der Waals surface area contributed by atoms with Crippen LogP contribution in [0, 0.1) is 0 Å². The van der Waals surface area contributed by atoms with E-state index in [4.69, 9.17) is 9.47 Å². The van der Waals surface area contributed by atoms with E-state index in [2.05, 4.69) is 36.9 Å². The van der Waals surface area contributed by atoms with Gasteiger partial charge < -0.3 is 9.47 Å². The summed E-state index contributed by atoms with van der Waals surface area (Å²) in [6, 6.07) is 11.9. The molecule has 1 fully saturated rings. The zero-order chi connectivity index (χ0) is 23.4. The van der Waals surface area contributed by atoms with Crippen LogP contribution in [0.25, 0.3) is 6.08 Å². The molecule has 8 heteroatoms. The Bertz CT molecular complexity index is 1050. The van der Waals surface area contributed by atoms with Gasteiger partial charge in [0.05, 0.1) is 12.0 Å². The molecule has 0 radical (unpaired) electrons. The number of carbonyl (C=O) groups excluding carboxylic acids is 1. The van der Waals surface area contributed by atoms with Crippen LogP contribution >= 0.6 is 43.6 Å². The van der Waals surface area contributed by atoms with E-state index in [0.717, 1.165) is 25.2 Å². The molecule has 0 spiro atoms. The van der Waals surface area contributed by atoms with Crippen LogP contribution in [0.1, 0.15) is 38.8 Å². The predicted molar refractivity (Wildman–Crippen MR) is 139 cm³/mol. The molecule has 0 N–H and O–H groups in total. The second kappa shape index (κ2) is 10.9. The first-order chi connectivity index (χ1) is 15.2. The summed E-state index contributed by atoms with van der Waals surface area (Å²) >= 11 is 8.47. The topological polar surface area (TPSA) is 51.1 Å². The lowest BCUT2D eigenvalue weighted by Crippen LogP contribution is -2.35. The van der Waals surface area contributed by atoms with Crippen molar-refractivity contribution in [1.82, 2.24) is 4.90 Å². The number of nitrogens with zero attached hydrogens (tertiary/aromatic N) is 2. The van der Waals surface area contributed by atoms with Crippen molar-refractivity contribution < 1.29 is 14.3 Å². The fraction of sp³-hybridized carbons (Fsp3) is 0.333. The number of amidine groups is 1. The Hall–Kier alpha value is -1.77. The number of halogens is 2. The highest BCUT2D eigenvalue weighted by atomic mass is 79.9. The number of ether oxygens (including phenoxy) is 2. The van der Waals surface area contributed by atoms with Gasteiger partial charge in [0.25, 0.3) is 5.91 Å². The first-order valence-electron chi connectivity index (χ1n) is 10.2. The number of benzene rings is 2. The lowest BCUT2D eigenvalue weighted by molar-refractivity contribution is -0.123. The van der Waals surface area contributed by atoms with E-state index in [-0.39, 0.29) is 18.0 Å². The average molecular weight is 582 g/mol. The number of hydrogen-bond donors (Lipinski definition) is 0. The Labute approximate surface area is 210 Å². The number of methoxy groups -OCH3 is 1. The first-order valence-corrected chi connectivity index (χ1v) is 12.7. The molecule has 3 rings (SSSR count). The van der Waals surface area contributed by atoms with Gasteiger partial charge in [0, 0.05) is 21.0 Å². The largest absolute Gasteiger partial charge is 0.493 e. The predicted octanol–water partition coefficient (Wildman–Crippen LogP) is 6.89. The maximum absolute atomic E-state index is 13.0. The minimum Gasteiger partial charge on any atom is -0.493 e. The summed E-state index contributed by atoms with van der Waals surface area (Å²) in [4.78, 5) is 20.1. The monoisotopic (exact) mass is 580 g/mol. The minimum absolute atomic E-state index is 0.0331. The normalized spacial score (nSPS) is 16.7. The van der Waals surface area contributed by atoms with Gasteiger partial charge in [-0.05, 0) is 80.9 Å². The van der Waals surface area contributed by atoms with Gasteiger partial charge in [-0.25, -0.2) is 0 Å². The Morgan fingerprint density at radius 1 is 1.09 bits per heavy atom. The Morgan fingerprint density at radius 2 is 1.78 bits per heavy atom. The molecule has 32 heavy (non-hydrogen) atoms. The molecule has 0 aliphatic carbocycles. The van der Waals surface area contributed by atoms with Crippen molar-refractivity contribution in [2.24, 2.45) is 4.99 Å². The second-order valence-corrected chi connectivity index (χ2v) is 10.6. The summed E-state index contributed by atoms with van der Waals surface area (Å²) in [7, 11) is 1.61. The zero-order valence-electron chi connectivity index (χ0n) is 18.7. The van der Waals surface area contributed by atoms with E-state index in [9.17, 15) is 4.79 Å². The molecule has 5 nitrogen and oxygen atoms in total. The van der Waals surface area contributed by atoms with Gasteiger partial charge in [-0.1, -0.05) is 44.0 Å². The third-order valence-corrected chi connectivity index (χ3v) is 6.81. The van der Waals surface area contributed by atoms with Crippen molar-refractivity contribution in [2.75, 3.05) is 7.11 Å². The number of rotatable bonds is 7. The van der Waals surface area contributed by atoms with E-state index in [0.29, 0.717) is 23.0 Å². The highest BCUT2D eigenvalue weighted by molar-refractivity contribution is 9.10. The molecule has 0 saturated carbocycles. The average Bonchev–Trinajstić information content (AvgIpc) is 3.03. The Morgan fingerprint density at radius 3 is 2.38 bits per heavy atom. The Balaban J connectivity index is 1.87. The molecule has 0 unspecified atom stereocenters. The maximum atomic E-state index is 13.0. The molecule has 0 atom stereocenters. The van der Waals surface area contributed by atoms with Gasteiger partial charge in [-0.2, -0.15) is 0 Å². The second-order valence-electron chi connectivity index (χ2n) is 7.82. The van der Waals surface area contributed by atoms with Crippen LogP contribution in [0.5, 0.6) is 11.5 Å². The van der Waals surface area contributed by atoms with Gasteiger partial charge >= 0.3 is 0 Å². The van der Waals surface area contributed by atoms with Crippen molar-refractivity contribution in [3.8, 4) is 11.5 Å². The molecule has 1 heterocycles. The summed E-state index contributed by atoms with van der Waals surface area (Å²) in [5, 5.41) is 0.740. The molecular formula is C24H26Br2N2O3S. The fourth-order valence-corrected chi connectivity index (χ4v) is 4.99. The third-order valence-electron chi connectivity index (χ3n) is 4.60. The smallest absolute Gasteiger partial charge is 0.266 e. The summed E-state index contributed by atoms with van der Waals surface area (Å²) in [6.07, 6.45) is 1.87. The molecule has 2 aromatic carbocycles. The summed E-state index contributed by atoms with van der Waals surface area (Å²) in [5.41, 5.74) is 1.89. The van der Waals surface area contributed by atoms with Crippen LogP contribution in [-0.2, 0) is 11.4 Å². The van der Waals surface area contributed by atoms with Crippen molar-refractivity contribution in [1.29, 1.82) is 0 Å². The highest BCUT2D eigenvalue weighted by Crippen LogP contribution is 2.39. The van der Waals surface area contributed by atoms with Gasteiger partial charge in [0.15, 0.2) is 16.7 Å². The van der Waals surface area contributed by atoms with Crippen molar-refractivity contribution in [3.05, 3.63) is 61.4 Å². The van der Waals surface area contributed by atoms with E-state index in [1.165, 1.54) is 11.8 Å². The van der Waals surface area contributed by atoms with E-state index >= 15 is 0 Å². The van der Waals surface area contributed by atoms with Gasteiger partial charge in [-0.3, -0.25) is 14.7 Å². The molecule has 1 saturated heterocycles. The molecule has 1 amide bonds. The van der Waals surface area contributed by atoms with Crippen LogP contribution in [0.15, 0.2) is 55.2 Å². The number of thioether (sulfide) groups is 1. The van der Waals surface area contributed by atoms with Crippen LogP contribution in [0.3, 0.4) is 0 Å². The van der Waals surface area contributed by atoms with Crippen molar-refractivity contribution in [2.45, 2.75) is 46.4 Å². The third kappa shape index (κ3) is 5.97. The molecule has 0 bridgehead atoms. The van der Waals surface area contributed by atoms with Crippen LogP contribution < -0.4 is 9.47 Å². The molecule has 2 aromatic rings. The van der Waals surface area contributed by atoms with Crippen LogP contribution in [-0.4, -0.2) is 35.2 Å². The lowest BCUT2D eigenvalue weighted by Gasteiger charge is -2.20. The molecular weight excluding hydrogens is 556 g/mol. The summed E-state index contributed by atoms with van der Waals surface area (Å²) in [5.74, 6) is 1.19. The molecule has 1 aliphatic rings. The molecule has 170 valence electrons. The number of hydrogen-bond acceptors (Lipinski definition) is 5. The van der Waals surface area contributed by atoms with Crippen molar-refractivity contribution in [3.63, 3.8) is 0 Å². The minimum atomic E-state index is -0.0363. The molecule has 0 aromatic heterocycles. The van der Waals surface area contributed by atoms with E-state index in [1.807, 2.05) is 70.2 Å². The van der Waals surface area contributed by atoms with Crippen LogP contribution in [0.4, 0.5) is 0 Å². The highest BCUT2D eigenvalue weighted by Gasteiger charge is 2.35. The fourth-order valence-electron chi connectivity index (χ4n) is 3.07. The Kier molecular flexibility index (Phi) is 8.47. The summed E-state index contributed by atoms with van der Waals surface area (Å²) < 4.78 is 13.4.